The molecule has 2 atom stereocenters. The Morgan fingerprint density at radius 1 is 0.470 bits per heavy atom. The van der Waals surface area contributed by atoms with Gasteiger partial charge in [-0.1, -0.05) is 0 Å². The molecular formula is C62H60O2SiZr. The van der Waals surface area contributed by atoms with Crippen molar-refractivity contribution in [2.45, 2.75) is 91.9 Å². The van der Waals surface area contributed by atoms with Gasteiger partial charge >= 0.3 is 402 Å². The standard InChI is InChI=1S/C40H30Si.2C11H16O.Zr/c1-27-21-23-35-33-19-11-9-13-29(33)25-37(35)39(27)41(31-15-5-3-6-16-31,32-17-7-4-8-18-32)40-28(2)22-24-36-34-20-12-10-14-30(34)26-38(36)40;2*1-8-5-6-10(12)9(7-8)11(2,3)4;/h3-24,33-34H,1-2H3;2*5-7,12H,1-4H3;/q;;;+2/p-2. The minimum atomic E-state index is -5.40. The van der Waals surface area contributed by atoms with E-state index >= 15 is 0 Å². The van der Waals surface area contributed by atoms with Crippen LogP contribution in [0, 0.1) is 27.7 Å². The topological polar surface area (TPSA) is 18.5 Å². The predicted octanol–water partition coefficient (Wildman–Crippen LogP) is 12.9. The van der Waals surface area contributed by atoms with E-state index in [1.54, 1.807) is 0 Å². The Balaban J connectivity index is 1.43. The molecule has 2 nitrogen and oxygen atoms in total. The van der Waals surface area contributed by atoms with E-state index in [1.807, 2.05) is 0 Å². The molecule has 4 aliphatic carbocycles. The van der Waals surface area contributed by atoms with Crippen molar-refractivity contribution in [2.24, 2.45) is 0 Å². The molecule has 6 aromatic rings. The van der Waals surface area contributed by atoms with Crippen molar-refractivity contribution < 1.29 is 26.8 Å². The van der Waals surface area contributed by atoms with E-state index in [-0.39, 0.29) is 22.7 Å². The molecule has 0 aromatic heterocycles. The summed E-state index contributed by atoms with van der Waals surface area (Å²) in [6, 6.07) is 46.7. The van der Waals surface area contributed by atoms with Crippen molar-refractivity contribution in [3.63, 3.8) is 0 Å². The second-order valence-corrected chi connectivity index (χ2v) is 31.5. The normalized spacial score (nSPS) is 19.2. The van der Waals surface area contributed by atoms with Crippen molar-refractivity contribution in [3.8, 4) is 11.5 Å². The average Bonchev–Trinajstić information content (AvgIpc) is 3.82. The van der Waals surface area contributed by atoms with Crippen molar-refractivity contribution in [1.29, 1.82) is 0 Å². The number of hydrogen-bond acceptors (Lipinski definition) is 2. The number of hydrogen-bond donors (Lipinski definition) is 0. The number of benzene rings is 6. The van der Waals surface area contributed by atoms with E-state index in [2.05, 4.69) is 239 Å². The Labute approximate surface area is 399 Å². The van der Waals surface area contributed by atoms with Crippen LogP contribution in [-0.2, 0) is 32.0 Å². The molecule has 6 aromatic carbocycles. The maximum absolute atomic E-state index is 8.61. The fourth-order valence-electron chi connectivity index (χ4n) is 12.1. The molecule has 0 amide bonds. The SMILES string of the molecule is Cc1ccc([O][Zr]2([O]c3ccc(C)cc3C(C)(C)C)[C]3=C4C=CC=CC4c4ccc(C)c(c43)[Si](c3ccccc3)(c3ccccc3)c3c(C)ccc4c3[C]2=C2C=CC=CC24)c(C(C)(C)C)c1. The number of aryl methyl sites for hydroxylation is 4. The monoisotopic (exact) mass is 954 g/mol. The van der Waals surface area contributed by atoms with Crippen LogP contribution in [0.4, 0.5) is 0 Å². The zero-order valence-corrected chi connectivity index (χ0v) is 43.6. The molecule has 11 rings (SSSR count). The molecule has 0 radical (unpaired) electrons. The van der Waals surface area contributed by atoms with Gasteiger partial charge in [-0.25, -0.2) is 0 Å². The number of allylic oxidation sites excluding steroid dienone is 10. The van der Waals surface area contributed by atoms with Gasteiger partial charge < -0.3 is 0 Å². The third-order valence-electron chi connectivity index (χ3n) is 14.9. The van der Waals surface area contributed by atoms with Crippen LogP contribution in [0.3, 0.4) is 0 Å². The molecule has 0 bridgehead atoms. The first-order chi connectivity index (χ1) is 31.6. The quantitative estimate of drug-likeness (QED) is 0.155. The summed E-state index contributed by atoms with van der Waals surface area (Å²) >= 11 is -5.40. The number of fused-ring (bicyclic) bond motifs is 4. The van der Waals surface area contributed by atoms with Crippen LogP contribution in [0.15, 0.2) is 181 Å². The third-order valence-corrected chi connectivity index (χ3v) is 28.5. The first kappa shape index (κ1) is 43.1. The van der Waals surface area contributed by atoms with Gasteiger partial charge in [0.2, 0.25) is 0 Å². The first-order valence-corrected chi connectivity index (χ1v) is 30.3. The maximum atomic E-state index is 8.61. The molecule has 5 aliphatic rings. The van der Waals surface area contributed by atoms with E-state index in [1.165, 1.54) is 94.1 Å². The van der Waals surface area contributed by atoms with Crippen molar-refractivity contribution >= 4 is 35.4 Å². The molecule has 4 heteroatoms. The van der Waals surface area contributed by atoms with Gasteiger partial charge in [0.05, 0.1) is 0 Å². The van der Waals surface area contributed by atoms with Gasteiger partial charge in [0.1, 0.15) is 0 Å². The van der Waals surface area contributed by atoms with Crippen LogP contribution in [0.5, 0.6) is 11.5 Å². The molecule has 66 heavy (non-hydrogen) atoms. The molecular weight excluding hydrogens is 896 g/mol. The molecule has 0 fully saturated rings. The summed E-state index contributed by atoms with van der Waals surface area (Å²) in [4.78, 5) is 0. The van der Waals surface area contributed by atoms with Gasteiger partial charge in [0.15, 0.2) is 0 Å². The third kappa shape index (κ3) is 6.34. The summed E-state index contributed by atoms with van der Waals surface area (Å²) in [5.41, 5.74) is 15.1. The Kier molecular flexibility index (Phi) is 10.1. The van der Waals surface area contributed by atoms with Crippen molar-refractivity contribution in [2.75, 3.05) is 0 Å². The Morgan fingerprint density at radius 3 is 1.27 bits per heavy atom. The zero-order valence-electron chi connectivity index (χ0n) is 40.1. The second kappa shape index (κ2) is 15.5. The Morgan fingerprint density at radius 2 is 0.879 bits per heavy atom. The minimum absolute atomic E-state index is 0.0486. The van der Waals surface area contributed by atoms with Crippen LogP contribution < -0.4 is 26.4 Å². The summed E-state index contributed by atoms with van der Waals surface area (Å²) in [6.45, 7) is 23.1. The van der Waals surface area contributed by atoms with Crippen LogP contribution >= 0.6 is 0 Å². The first-order valence-electron chi connectivity index (χ1n) is 23.8. The Bertz CT molecular complexity index is 2980. The number of rotatable bonds is 6. The van der Waals surface area contributed by atoms with Crippen molar-refractivity contribution in [3.05, 3.63) is 237 Å². The predicted molar refractivity (Wildman–Crippen MR) is 276 cm³/mol. The van der Waals surface area contributed by atoms with Crippen LogP contribution in [0.25, 0.3) is 6.56 Å². The van der Waals surface area contributed by atoms with E-state index < -0.39 is 29.2 Å². The molecule has 2 unspecified atom stereocenters. The van der Waals surface area contributed by atoms with Gasteiger partial charge in [-0.15, -0.1) is 0 Å². The van der Waals surface area contributed by atoms with Gasteiger partial charge in [-0.05, 0) is 0 Å². The van der Waals surface area contributed by atoms with Gasteiger partial charge in [-0.2, -0.15) is 0 Å². The van der Waals surface area contributed by atoms with E-state index in [4.69, 9.17) is 5.63 Å². The summed E-state index contributed by atoms with van der Waals surface area (Å²) < 4.78 is 19.9. The molecule has 0 saturated heterocycles. The van der Waals surface area contributed by atoms with Gasteiger partial charge in [0.25, 0.3) is 0 Å². The Hall–Kier alpha value is -5.54. The average molecular weight is 956 g/mol. The molecule has 0 N–H and O–H groups in total. The summed E-state index contributed by atoms with van der Waals surface area (Å²) in [6.07, 6.45) is 18.7. The second-order valence-electron chi connectivity index (χ2n) is 21.3. The van der Waals surface area contributed by atoms with Crippen LogP contribution in [0.2, 0.25) is 0 Å². The van der Waals surface area contributed by atoms with E-state index in [0.29, 0.717) is 0 Å². The molecule has 0 spiro atoms. The van der Waals surface area contributed by atoms with E-state index in [9.17, 15) is 0 Å². The summed E-state index contributed by atoms with van der Waals surface area (Å²) in [5.74, 6) is 1.95. The summed E-state index contributed by atoms with van der Waals surface area (Å²) in [7, 11) is -3.23. The zero-order chi connectivity index (χ0) is 45.9. The van der Waals surface area contributed by atoms with Gasteiger partial charge in [0, 0.05) is 0 Å². The molecule has 1 heterocycles. The molecule has 0 saturated carbocycles. The van der Waals surface area contributed by atoms with Crippen LogP contribution in [0.1, 0.15) is 109 Å². The van der Waals surface area contributed by atoms with Crippen LogP contribution in [-0.4, -0.2) is 8.07 Å². The van der Waals surface area contributed by atoms with E-state index in [0.717, 1.165) is 11.5 Å². The molecule has 328 valence electrons. The fraction of sp³-hybridized carbons (Fsp3) is 0.226. The summed E-state index contributed by atoms with van der Waals surface area (Å²) in [5, 5.41) is 5.72. The fourth-order valence-corrected chi connectivity index (χ4v) is 28.6. The van der Waals surface area contributed by atoms with Gasteiger partial charge in [-0.3, -0.25) is 0 Å². The molecule has 1 aliphatic heterocycles. The van der Waals surface area contributed by atoms with Crippen molar-refractivity contribution in [1.82, 2.24) is 0 Å².